The first kappa shape index (κ1) is 20.8. The Morgan fingerprint density at radius 2 is 1.58 bits per heavy atom. The van der Waals surface area contributed by atoms with Crippen LogP contribution in [-0.4, -0.2) is 21.3 Å². The molecule has 0 spiro atoms. The number of hydrogen-bond donors (Lipinski definition) is 1. The molecule has 0 aliphatic carbocycles. The lowest BCUT2D eigenvalue weighted by Crippen LogP contribution is -2.07. The van der Waals surface area contributed by atoms with Gasteiger partial charge in [-0.05, 0) is 24.6 Å². The molecule has 4 nitrogen and oxygen atoms in total. The van der Waals surface area contributed by atoms with Crippen molar-refractivity contribution in [2.75, 3.05) is 6.61 Å². The normalized spacial score (nSPS) is 12.1. The Balaban J connectivity index is 2.06. The van der Waals surface area contributed by atoms with Gasteiger partial charge in [0.1, 0.15) is 0 Å². The minimum Gasteiger partial charge on any atom is -0.462 e. The molecule has 0 aliphatic heterocycles. The molecule has 1 aromatic rings. The van der Waals surface area contributed by atoms with E-state index in [0.29, 0.717) is 12.2 Å². The third-order valence-corrected chi connectivity index (χ3v) is 4.66. The molecular weight excluding hydrogens is 324 g/mol. The van der Waals surface area contributed by atoms with Gasteiger partial charge in [0.15, 0.2) is 11.1 Å². The predicted molar refractivity (Wildman–Crippen MR) is 97.6 cm³/mol. The SMILES string of the molecule is CCCCCCCCCCCCOC(=O)c1cccc(S(=O)O)c1. The van der Waals surface area contributed by atoms with Crippen LogP contribution in [0.2, 0.25) is 0 Å². The zero-order valence-corrected chi connectivity index (χ0v) is 15.5. The van der Waals surface area contributed by atoms with Gasteiger partial charge in [0, 0.05) is 0 Å². The molecule has 1 aromatic carbocycles. The molecule has 5 heteroatoms. The van der Waals surface area contributed by atoms with Crippen molar-refractivity contribution in [2.24, 2.45) is 0 Å². The highest BCUT2D eigenvalue weighted by molar-refractivity contribution is 7.79. The summed E-state index contributed by atoms with van der Waals surface area (Å²) in [5.74, 6) is -0.432. The maximum Gasteiger partial charge on any atom is 0.338 e. The Hall–Kier alpha value is -1.20. The molecule has 0 saturated carbocycles. The summed E-state index contributed by atoms with van der Waals surface area (Å²) in [6.07, 6.45) is 12.4. The maximum atomic E-state index is 11.9. The van der Waals surface area contributed by atoms with Gasteiger partial charge in [-0.15, -0.1) is 0 Å². The molecule has 0 fully saturated rings. The molecule has 0 aliphatic rings. The van der Waals surface area contributed by atoms with Crippen molar-refractivity contribution in [3.63, 3.8) is 0 Å². The predicted octanol–water partition coefficient (Wildman–Crippen LogP) is 5.34. The number of carbonyl (C=O) groups excluding carboxylic acids is 1. The summed E-state index contributed by atoms with van der Waals surface area (Å²) in [6, 6.07) is 6.09. The molecule has 1 unspecified atom stereocenters. The first-order chi connectivity index (χ1) is 11.6. The summed E-state index contributed by atoms with van der Waals surface area (Å²) in [5, 5.41) is 0. The lowest BCUT2D eigenvalue weighted by molar-refractivity contribution is 0.0497. The highest BCUT2D eigenvalue weighted by atomic mass is 32.2. The van der Waals surface area contributed by atoms with Crippen LogP contribution >= 0.6 is 0 Å². The summed E-state index contributed by atoms with van der Waals surface area (Å²) in [7, 11) is 0. The summed E-state index contributed by atoms with van der Waals surface area (Å²) in [6.45, 7) is 2.64. The second-order valence-electron chi connectivity index (χ2n) is 6.09. The largest absolute Gasteiger partial charge is 0.462 e. The molecule has 0 bridgehead atoms. The Kier molecular flexibility index (Phi) is 11.4. The van der Waals surface area contributed by atoms with Crippen molar-refractivity contribution >= 4 is 17.0 Å². The molecule has 0 amide bonds. The van der Waals surface area contributed by atoms with Crippen LogP contribution in [0.15, 0.2) is 29.2 Å². The Bertz CT molecular complexity index is 502. The lowest BCUT2D eigenvalue weighted by atomic mass is 10.1. The number of benzene rings is 1. The number of hydrogen-bond acceptors (Lipinski definition) is 3. The van der Waals surface area contributed by atoms with E-state index in [-0.39, 0.29) is 4.90 Å². The van der Waals surface area contributed by atoms with Gasteiger partial charge in [-0.1, -0.05) is 70.8 Å². The molecular formula is C19H30O4S. The second-order valence-corrected chi connectivity index (χ2v) is 7.06. The van der Waals surface area contributed by atoms with Gasteiger partial charge in [-0.3, -0.25) is 0 Å². The summed E-state index contributed by atoms with van der Waals surface area (Å²) in [5.41, 5.74) is 0.321. The zero-order valence-electron chi connectivity index (χ0n) is 14.7. The molecule has 24 heavy (non-hydrogen) atoms. The van der Waals surface area contributed by atoms with Crippen LogP contribution in [0.5, 0.6) is 0 Å². The Morgan fingerprint density at radius 1 is 1.00 bits per heavy atom. The minimum absolute atomic E-state index is 0.211. The molecule has 1 N–H and O–H groups in total. The smallest absolute Gasteiger partial charge is 0.338 e. The number of rotatable bonds is 13. The highest BCUT2D eigenvalue weighted by Gasteiger charge is 2.09. The topological polar surface area (TPSA) is 63.6 Å². The summed E-state index contributed by atoms with van der Waals surface area (Å²) >= 11 is -2.08. The lowest BCUT2D eigenvalue weighted by Gasteiger charge is -2.06. The van der Waals surface area contributed by atoms with E-state index in [0.717, 1.165) is 12.8 Å². The van der Waals surface area contributed by atoms with Gasteiger partial charge in [0.25, 0.3) is 0 Å². The van der Waals surface area contributed by atoms with Crippen LogP contribution in [0, 0.1) is 0 Å². The number of unbranched alkanes of at least 4 members (excludes halogenated alkanes) is 9. The minimum atomic E-state index is -2.08. The first-order valence-electron chi connectivity index (χ1n) is 9.03. The Labute approximate surface area is 148 Å². The highest BCUT2D eigenvalue weighted by Crippen LogP contribution is 2.12. The number of esters is 1. The summed E-state index contributed by atoms with van der Waals surface area (Å²) < 4.78 is 25.2. The fraction of sp³-hybridized carbons (Fsp3) is 0.632. The van der Waals surface area contributed by atoms with E-state index >= 15 is 0 Å². The molecule has 0 aromatic heterocycles. The Morgan fingerprint density at radius 3 is 2.17 bits per heavy atom. The molecule has 1 rings (SSSR count). The average Bonchev–Trinajstić information content (AvgIpc) is 2.59. The number of ether oxygens (including phenoxy) is 1. The molecule has 0 heterocycles. The van der Waals surface area contributed by atoms with Gasteiger partial charge in [0.05, 0.1) is 17.1 Å². The molecule has 136 valence electrons. The van der Waals surface area contributed by atoms with E-state index in [1.807, 2.05) is 0 Å². The standard InChI is InChI=1S/C19H30O4S/c1-2-3-4-5-6-7-8-9-10-11-15-23-19(20)17-13-12-14-18(16-17)24(21)22/h12-14,16H,2-11,15H2,1H3,(H,21,22). The van der Waals surface area contributed by atoms with Crippen molar-refractivity contribution < 1.29 is 18.3 Å². The van der Waals surface area contributed by atoms with E-state index < -0.39 is 17.0 Å². The second kappa shape index (κ2) is 13.1. The third kappa shape index (κ3) is 9.18. The van der Waals surface area contributed by atoms with Crippen LogP contribution in [0.4, 0.5) is 0 Å². The monoisotopic (exact) mass is 354 g/mol. The molecule has 0 saturated heterocycles. The first-order valence-corrected chi connectivity index (χ1v) is 10.1. The van der Waals surface area contributed by atoms with Crippen molar-refractivity contribution in [2.45, 2.75) is 76.0 Å². The molecule has 0 radical (unpaired) electrons. The fourth-order valence-corrected chi connectivity index (χ4v) is 2.99. The van der Waals surface area contributed by atoms with Crippen LogP contribution in [0.3, 0.4) is 0 Å². The average molecular weight is 355 g/mol. The van der Waals surface area contributed by atoms with Gasteiger partial charge in [0.2, 0.25) is 0 Å². The van der Waals surface area contributed by atoms with Gasteiger partial charge < -0.3 is 9.29 Å². The third-order valence-electron chi connectivity index (χ3n) is 4.00. The fourth-order valence-electron chi connectivity index (χ4n) is 2.57. The van der Waals surface area contributed by atoms with E-state index in [1.54, 1.807) is 12.1 Å². The maximum absolute atomic E-state index is 11.9. The van der Waals surface area contributed by atoms with Crippen LogP contribution in [0.25, 0.3) is 0 Å². The van der Waals surface area contributed by atoms with Gasteiger partial charge in [-0.2, -0.15) is 0 Å². The van der Waals surface area contributed by atoms with E-state index in [2.05, 4.69) is 6.92 Å². The van der Waals surface area contributed by atoms with E-state index in [9.17, 15) is 9.00 Å². The number of carbonyl (C=O) groups is 1. The molecule has 1 atom stereocenters. The van der Waals surface area contributed by atoms with Crippen LogP contribution in [-0.2, 0) is 15.8 Å². The van der Waals surface area contributed by atoms with Gasteiger partial charge >= 0.3 is 5.97 Å². The van der Waals surface area contributed by atoms with Crippen molar-refractivity contribution in [1.82, 2.24) is 0 Å². The van der Waals surface area contributed by atoms with Crippen molar-refractivity contribution in [3.8, 4) is 0 Å². The van der Waals surface area contributed by atoms with Crippen molar-refractivity contribution in [1.29, 1.82) is 0 Å². The summed E-state index contributed by atoms with van der Waals surface area (Å²) in [4.78, 5) is 12.1. The van der Waals surface area contributed by atoms with Crippen LogP contribution in [0.1, 0.15) is 81.5 Å². The van der Waals surface area contributed by atoms with Crippen molar-refractivity contribution in [3.05, 3.63) is 29.8 Å². The van der Waals surface area contributed by atoms with Crippen LogP contribution < -0.4 is 0 Å². The van der Waals surface area contributed by atoms with E-state index in [4.69, 9.17) is 9.29 Å². The quantitative estimate of drug-likeness (QED) is 0.295. The van der Waals surface area contributed by atoms with Gasteiger partial charge in [-0.25, -0.2) is 9.00 Å². The zero-order chi connectivity index (χ0) is 17.6. The van der Waals surface area contributed by atoms with E-state index in [1.165, 1.54) is 63.5 Å².